The third-order valence-corrected chi connectivity index (χ3v) is 6.47. The summed E-state index contributed by atoms with van der Waals surface area (Å²) in [5.41, 5.74) is 1.77. The van der Waals surface area contributed by atoms with Crippen LogP contribution in [0.1, 0.15) is 42.9 Å². The van der Waals surface area contributed by atoms with E-state index in [1.165, 1.54) is 12.1 Å². The summed E-state index contributed by atoms with van der Waals surface area (Å²) in [5.74, 6) is 7.21. The van der Waals surface area contributed by atoms with E-state index in [9.17, 15) is 15.0 Å². The molecule has 1 heterocycles. The lowest BCUT2D eigenvalue weighted by atomic mass is 10.0. The summed E-state index contributed by atoms with van der Waals surface area (Å²) in [6, 6.07) is 14.7. The lowest BCUT2D eigenvalue weighted by Crippen LogP contribution is -2.33. The zero-order chi connectivity index (χ0) is 24.6. The molecule has 1 aromatic heterocycles. The molecule has 2 aromatic carbocycles. The number of fused-ring (bicyclic) bond motifs is 1. The maximum Gasteiger partial charge on any atom is 0.248 e. The molecule has 35 heavy (non-hydrogen) atoms. The summed E-state index contributed by atoms with van der Waals surface area (Å²) < 4.78 is 5.90. The number of phenols is 1. The molecule has 7 nitrogen and oxygen atoms in total. The van der Waals surface area contributed by atoms with Crippen molar-refractivity contribution >= 4 is 10.9 Å². The highest BCUT2D eigenvalue weighted by Gasteiger charge is 2.15. The molecule has 2 atom stereocenters. The molecular formula is C28H33N3O4. The van der Waals surface area contributed by atoms with Crippen molar-refractivity contribution in [2.75, 3.05) is 26.7 Å². The lowest BCUT2D eigenvalue weighted by Gasteiger charge is -2.27. The third kappa shape index (κ3) is 6.64. The van der Waals surface area contributed by atoms with E-state index in [2.05, 4.69) is 34.1 Å². The number of rotatable bonds is 11. The van der Waals surface area contributed by atoms with Crippen LogP contribution in [0.5, 0.6) is 11.5 Å². The van der Waals surface area contributed by atoms with Gasteiger partial charge in [0.05, 0.1) is 18.2 Å². The number of ether oxygens (including phenoxy) is 1. The predicted octanol–water partition coefficient (Wildman–Crippen LogP) is 3.31. The fourth-order valence-electron chi connectivity index (χ4n) is 4.40. The van der Waals surface area contributed by atoms with Crippen LogP contribution in [0.4, 0.5) is 0 Å². The van der Waals surface area contributed by atoms with Crippen molar-refractivity contribution in [1.29, 1.82) is 0 Å². The van der Waals surface area contributed by atoms with Crippen LogP contribution >= 0.6 is 0 Å². The minimum absolute atomic E-state index is 0.0185. The van der Waals surface area contributed by atoms with Gasteiger partial charge in [-0.05, 0) is 55.3 Å². The molecule has 1 aliphatic carbocycles. The topological polar surface area (TPSA) is 97.8 Å². The number of hydrogen-bond acceptors (Lipinski definition) is 6. The molecular weight excluding hydrogens is 442 g/mol. The van der Waals surface area contributed by atoms with Crippen molar-refractivity contribution < 1.29 is 14.9 Å². The Kier molecular flexibility index (Phi) is 8.43. The van der Waals surface area contributed by atoms with Gasteiger partial charge in [0.25, 0.3) is 0 Å². The summed E-state index contributed by atoms with van der Waals surface area (Å²) >= 11 is 0. The van der Waals surface area contributed by atoms with Crippen molar-refractivity contribution in [1.82, 2.24) is 15.2 Å². The Hall–Kier alpha value is -3.31. The van der Waals surface area contributed by atoms with Gasteiger partial charge in [0, 0.05) is 50.0 Å². The van der Waals surface area contributed by atoms with E-state index >= 15 is 0 Å². The van der Waals surface area contributed by atoms with Crippen molar-refractivity contribution in [3.05, 3.63) is 70.0 Å². The Morgan fingerprint density at radius 2 is 2.00 bits per heavy atom. The van der Waals surface area contributed by atoms with Crippen LogP contribution < -0.4 is 15.6 Å². The van der Waals surface area contributed by atoms with Crippen LogP contribution in [-0.2, 0) is 6.54 Å². The highest BCUT2D eigenvalue weighted by molar-refractivity contribution is 5.87. The molecule has 0 saturated heterocycles. The van der Waals surface area contributed by atoms with Crippen LogP contribution in [0.2, 0.25) is 0 Å². The molecule has 184 valence electrons. The molecule has 0 amide bonds. The second-order valence-corrected chi connectivity index (χ2v) is 9.01. The first kappa shape index (κ1) is 24.8. The number of phenolic OH excluding ortho intramolecular Hbond substituents is 1. The zero-order valence-corrected chi connectivity index (χ0v) is 20.1. The number of aliphatic hydroxyl groups excluding tert-OH is 1. The van der Waals surface area contributed by atoms with Gasteiger partial charge in [-0.15, -0.1) is 11.8 Å². The van der Waals surface area contributed by atoms with Crippen LogP contribution in [0, 0.1) is 11.8 Å². The van der Waals surface area contributed by atoms with Gasteiger partial charge in [-0.3, -0.25) is 4.79 Å². The highest BCUT2D eigenvalue weighted by Crippen LogP contribution is 2.28. The summed E-state index contributed by atoms with van der Waals surface area (Å²) in [5, 5.41) is 24.6. The Morgan fingerprint density at radius 3 is 2.77 bits per heavy atom. The van der Waals surface area contributed by atoms with E-state index < -0.39 is 6.10 Å². The minimum atomic E-state index is -0.787. The van der Waals surface area contributed by atoms with Gasteiger partial charge in [0.2, 0.25) is 5.56 Å². The van der Waals surface area contributed by atoms with Gasteiger partial charge in [-0.1, -0.05) is 18.2 Å². The molecule has 0 radical (unpaired) electrons. The monoisotopic (exact) mass is 475 g/mol. The van der Waals surface area contributed by atoms with Crippen molar-refractivity contribution in [3.63, 3.8) is 0 Å². The van der Waals surface area contributed by atoms with E-state index in [0.717, 1.165) is 43.5 Å². The van der Waals surface area contributed by atoms with Gasteiger partial charge in [0.15, 0.2) is 0 Å². The first-order valence-electron chi connectivity index (χ1n) is 12.1. The van der Waals surface area contributed by atoms with Crippen LogP contribution in [0.25, 0.3) is 10.9 Å². The first-order chi connectivity index (χ1) is 17.0. The van der Waals surface area contributed by atoms with Crippen molar-refractivity contribution in [3.8, 4) is 23.3 Å². The van der Waals surface area contributed by atoms with Gasteiger partial charge in [-0.2, -0.15) is 0 Å². The minimum Gasteiger partial charge on any atom is -0.506 e. The van der Waals surface area contributed by atoms with Gasteiger partial charge < -0.3 is 30.2 Å². The molecule has 0 bridgehead atoms. The molecule has 4 N–H and O–H groups in total. The summed E-state index contributed by atoms with van der Waals surface area (Å²) in [7, 11) is 2.17. The number of hydrogen-bond donors (Lipinski definition) is 4. The third-order valence-electron chi connectivity index (χ3n) is 6.47. The highest BCUT2D eigenvalue weighted by atomic mass is 16.5. The quantitative estimate of drug-likeness (QED) is 0.251. The molecule has 3 aromatic rings. The average Bonchev–Trinajstić information content (AvgIpc) is 2.88. The second-order valence-electron chi connectivity index (χ2n) is 9.01. The molecule has 0 fully saturated rings. The van der Waals surface area contributed by atoms with Gasteiger partial charge in [0.1, 0.15) is 11.5 Å². The van der Waals surface area contributed by atoms with Gasteiger partial charge in [-0.25, -0.2) is 0 Å². The van der Waals surface area contributed by atoms with E-state index in [-0.39, 0.29) is 11.3 Å². The standard InChI is InChI=1S/C28H33N3O4/c1-31(21-6-3-2-4-7-21)16-5-17-35-22-10-8-20(9-11-22)18-29-19-26(33)23-12-14-25(32)28-24(23)13-15-27(34)30-28/h8-15,21,26,29,32-33H,3,5-7,16-19H2,1H3,(H,30,34)/t21?,26-/m0/s1. The molecule has 1 unspecified atom stereocenters. The Balaban J connectivity index is 1.20. The number of aromatic nitrogens is 1. The largest absolute Gasteiger partial charge is 0.506 e. The summed E-state index contributed by atoms with van der Waals surface area (Å²) in [6.07, 6.45) is 3.31. The number of aliphatic hydroxyl groups is 1. The zero-order valence-electron chi connectivity index (χ0n) is 20.1. The molecule has 0 saturated carbocycles. The number of nitrogens with zero attached hydrogens (tertiary/aromatic N) is 1. The maximum atomic E-state index is 11.6. The number of pyridine rings is 1. The first-order valence-corrected chi connectivity index (χ1v) is 12.1. The number of H-pyrrole nitrogens is 1. The lowest BCUT2D eigenvalue weighted by molar-refractivity contribution is 0.176. The number of aromatic hydroxyl groups is 1. The van der Waals surface area contributed by atoms with E-state index in [4.69, 9.17) is 4.74 Å². The average molecular weight is 476 g/mol. The Bertz CT molecular complexity index is 1240. The van der Waals surface area contributed by atoms with E-state index in [1.807, 2.05) is 24.3 Å². The smallest absolute Gasteiger partial charge is 0.248 e. The predicted molar refractivity (Wildman–Crippen MR) is 137 cm³/mol. The molecule has 4 rings (SSSR count). The summed E-state index contributed by atoms with van der Waals surface area (Å²) in [6.45, 7) is 2.61. The Labute approximate surface area is 205 Å². The Morgan fingerprint density at radius 1 is 1.17 bits per heavy atom. The number of nitrogens with one attached hydrogen (secondary N) is 2. The van der Waals surface area contributed by atoms with Crippen LogP contribution in [0.15, 0.2) is 53.3 Å². The normalized spacial score (nSPS) is 16.1. The maximum absolute atomic E-state index is 11.6. The van der Waals surface area contributed by atoms with Crippen molar-refractivity contribution in [2.45, 2.75) is 44.4 Å². The SMILES string of the molecule is CN(CCCOc1ccc(CNC[C@H](O)c2ccc(O)c3[nH]c(=O)ccc23)cc1)C1CC#CCC1. The molecule has 0 aliphatic heterocycles. The summed E-state index contributed by atoms with van der Waals surface area (Å²) in [4.78, 5) is 16.6. The number of aromatic amines is 1. The second kappa shape index (κ2) is 11.9. The molecule has 0 spiro atoms. The molecule has 1 aliphatic rings. The fraction of sp³-hybridized carbons (Fsp3) is 0.393. The molecule has 7 heteroatoms. The van der Waals surface area contributed by atoms with Crippen molar-refractivity contribution in [2.24, 2.45) is 0 Å². The van der Waals surface area contributed by atoms with Gasteiger partial charge >= 0.3 is 0 Å². The van der Waals surface area contributed by atoms with Crippen LogP contribution in [-0.4, -0.2) is 52.9 Å². The van der Waals surface area contributed by atoms with Crippen LogP contribution in [0.3, 0.4) is 0 Å². The fourth-order valence-corrected chi connectivity index (χ4v) is 4.40. The van der Waals surface area contributed by atoms with E-state index in [1.54, 1.807) is 12.1 Å². The number of benzene rings is 2. The van der Waals surface area contributed by atoms with E-state index in [0.29, 0.717) is 42.2 Å².